The molecule has 0 atom stereocenters. The van der Waals surface area contributed by atoms with Crippen molar-refractivity contribution in [1.82, 2.24) is 0 Å². The van der Waals surface area contributed by atoms with Crippen LogP contribution in [0.2, 0.25) is 10.0 Å². The number of hydrogen-bond acceptors (Lipinski definition) is 4. The number of thiophene rings is 1. The van der Waals surface area contributed by atoms with Crippen LogP contribution in [-0.4, -0.2) is 18.5 Å². The number of anilines is 1. The molecule has 31 heavy (non-hydrogen) atoms. The highest BCUT2D eigenvalue weighted by Crippen LogP contribution is 2.37. The van der Waals surface area contributed by atoms with E-state index in [-0.39, 0.29) is 6.61 Å². The van der Waals surface area contributed by atoms with Gasteiger partial charge < -0.3 is 10.1 Å². The summed E-state index contributed by atoms with van der Waals surface area (Å²) in [5.41, 5.74) is 4.78. The smallest absolute Gasteiger partial charge is 0.341 e. The minimum atomic E-state index is -0.481. The molecule has 3 aromatic rings. The van der Waals surface area contributed by atoms with Crippen LogP contribution < -0.4 is 5.32 Å². The second-order valence-corrected chi connectivity index (χ2v) is 8.52. The van der Waals surface area contributed by atoms with Crippen molar-refractivity contribution in [2.24, 2.45) is 0 Å². The Balaban J connectivity index is 1.92. The fourth-order valence-electron chi connectivity index (χ4n) is 2.96. The maximum atomic E-state index is 12.7. The molecule has 0 fully saturated rings. The highest BCUT2D eigenvalue weighted by atomic mass is 35.5. The summed E-state index contributed by atoms with van der Waals surface area (Å²) in [6.45, 7) is 6.03. The lowest BCUT2D eigenvalue weighted by molar-refractivity contribution is -0.111. The van der Waals surface area contributed by atoms with Crippen molar-refractivity contribution in [2.45, 2.75) is 20.8 Å². The summed E-state index contributed by atoms with van der Waals surface area (Å²) in [6, 6.07) is 11.1. The maximum absolute atomic E-state index is 12.7. The van der Waals surface area contributed by atoms with Crippen molar-refractivity contribution >= 4 is 57.5 Å². The SMILES string of the molecule is CCOC(=O)c1c(-c2ccc(C)c(C)c2)csc1NC(=O)C=Cc1c(Cl)cccc1Cl. The molecule has 160 valence electrons. The summed E-state index contributed by atoms with van der Waals surface area (Å²) in [5.74, 6) is -0.888. The Kier molecular flexibility index (Phi) is 7.55. The topological polar surface area (TPSA) is 55.4 Å². The van der Waals surface area contributed by atoms with Gasteiger partial charge in [-0.25, -0.2) is 4.79 Å². The van der Waals surface area contributed by atoms with Crippen LogP contribution in [0.3, 0.4) is 0 Å². The highest BCUT2D eigenvalue weighted by molar-refractivity contribution is 7.15. The van der Waals surface area contributed by atoms with Crippen LogP contribution in [0, 0.1) is 13.8 Å². The van der Waals surface area contributed by atoms with Gasteiger partial charge in [-0.1, -0.05) is 47.5 Å². The Morgan fingerprint density at radius 2 is 1.81 bits per heavy atom. The van der Waals surface area contributed by atoms with Gasteiger partial charge in [0.25, 0.3) is 0 Å². The normalized spacial score (nSPS) is 11.0. The number of rotatable bonds is 6. The van der Waals surface area contributed by atoms with Gasteiger partial charge in [0.15, 0.2) is 0 Å². The lowest BCUT2D eigenvalue weighted by Crippen LogP contribution is -2.12. The van der Waals surface area contributed by atoms with Crippen molar-refractivity contribution < 1.29 is 14.3 Å². The summed E-state index contributed by atoms with van der Waals surface area (Å²) in [4.78, 5) is 25.3. The first-order chi connectivity index (χ1) is 14.8. The number of nitrogens with one attached hydrogen (secondary N) is 1. The third-order valence-corrected chi connectivity index (χ3v) is 6.28. The second-order valence-electron chi connectivity index (χ2n) is 6.83. The molecule has 0 aliphatic rings. The molecule has 0 radical (unpaired) electrons. The van der Waals surface area contributed by atoms with Gasteiger partial charge in [0, 0.05) is 32.6 Å². The molecule has 0 aliphatic carbocycles. The van der Waals surface area contributed by atoms with E-state index in [1.165, 1.54) is 17.4 Å². The average molecular weight is 474 g/mol. The Bertz CT molecular complexity index is 1150. The Morgan fingerprint density at radius 3 is 2.45 bits per heavy atom. The van der Waals surface area contributed by atoms with E-state index in [0.29, 0.717) is 26.2 Å². The Hall–Kier alpha value is -2.60. The summed E-state index contributed by atoms with van der Waals surface area (Å²) in [6.07, 6.45) is 2.87. The highest BCUT2D eigenvalue weighted by Gasteiger charge is 2.22. The van der Waals surface area contributed by atoms with Crippen LogP contribution in [-0.2, 0) is 9.53 Å². The van der Waals surface area contributed by atoms with Crippen molar-refractivity contribution in [3.8, 4) is 11.1 Å². The predicted octanol–water partition coefficient (Wildman–Crippen LogP) is 7.17. The molecular weight excluding hydrogens is 453 g/mol. The van der Waals surface area contributed by atoms with E-state index in [4.69, 9.17) is 27.9 Å². The summed E-state index contributed by atoms with van der Waals surface area (Å²) in [5, 5.41) is 5.93. The van der Waals surface area contributed by atoms with Gasteiger partial charge in [0.1, 0.15) is 10.6 Å². The third kappa shape index (κ3) is 5.37. The summed E-state index contributed by atoms with van der Waals surface area (Å²) < 4.78 is 5.25. The molecule has 1 amide bonds. The molecule has 4 nitrogen and oxygen atoms in total. The number of halogens is 2. The minimum absolute atomic E-state index is 0.235. The van der Waals surface area contributed by atoms with E-state index in [9.17, 15) is 9.59 Å². The monoisotopic (exact) mass is 473 g/mol. The number of aryl methyl sites for hydroxylation is 2. The fraction of sp³-hybridized carbons (Fsp3) is 0.167. The van der Waals surface area contributed by atoms with Crippen molar-refractivity contribution in [2.75, 3.05) is 11.9 Å². The molecule has 0 saturated carbocycles. The zero-order chi connectivity index (χ0) is 22.5. The zero-order valence-corrected chi connectivity index (χ0v) is 19.6. The van der Waals surface area contributed by atoms with Crippen molar-refractivity contribution in [3.63, 3.8) is 0 Å². The predicted molar refractivity (Wildman–Crippen MR) is 129 cm³/mol. The van der Waals surface area contributed by atoms with Crippen LogP contribution in [0.4, 0.5) is 5.00 Å². The zero-order valence-electron chi connectivity index (χ0n) is 17.3. The maximum Gasteiger partial charge on any atom is 0.341 e. The standard InChI is InChI=1S/C24H21Cl2NO3S/c1-4-30-24(29)22-18(16-9-8-14(2)15(3)12-16)13-31-23(22)27-21(28)11-10-17-19(25)6-5-7-20(17)26/h5-13H,4H2,1-3H3,(H,27,28). The molecule has 0 spiro atoms. The number of hydrogen-bond donors (Lipinski definition) is 1. The van der Waals surface area contributed by atoms with Gasteiger partial charge in [0.2, 0.25) is 5.91 Å². The number of carbonyl (C=O) groups is 2. The summed E-state index contributed by atoms with van der Waals surface area (Å²) >= 11 is 13.6. The van der Waals surface area contributed by atoms with E-state index in [0.717, 1.165) is 22.3 Å². The van der Waals surface area contributed by atoms with Gasteiger partial charge in [-0.15, -0.1) is 11.3 Å². The van der Waals surface area contributed by atoms with Crippen LogP contribution in [0.5, 0.6) is 0 Å². The van der Waals surface area contributed by atoms with E-state index >= 15 is 0 Å². The van der Waals surface area contributed by atoms with E-state index < -0.39 is 11.9 Å². The van der Waals surface area contributed by atoms with Crippen molar-refractivity contribution in [3.05, 3.63) is 80.2 Å². The fourth-order valence-corrected chi connectivity index (χ4v) is 4.44. The molecule has 0 bridgehead atoms. The lowest BCUT2D eigenvalue weighted by atomic mass is 9.99. The van der Waals surface area contributed by atoms with Crippen molar-refractivity contribution in [1.29, 1.82) is 0 Å². The first-order valence-electron chi connectivity index (χ1n) is 9.61. The quantitative estimate of drug-likeness (QED) is 0.305. The van der Waals surface area contributed by atoms with Crippen LogP contribution in [0.25, 0.3) is 17.2 Å². The molecule has 1 N–H and O–H groups in total. The molecule has 0 unspecified atom stereocenters. The molecule has 7 heteroatoms. The van der Waals surface area contributed by atoms with E-state index in [1.807, 2.05) is 37.4 Å². The second kappa shape index (κ2) is 10.1. The van der Waals surface area contributed by atoms with Gasteiger partial charge in [0.05, 0.1) is 6.61 Å². The first-order valence-corrected chi connectivity index (χ1v) is 11.2. The van der Waals surface area contributed by atoms with Crippen LogP contribution in [0.1, 0.15) is 34.0 Å². The number of amides is 1. The number of ether oxygens (including phenoxy) is 1. The average Bonchev–Trinajstić information content (AvgIpc) is 3.13. The minimum Gasteiger partial charge on any atom is -0.462 e. The third-order valence-electron chi connectivity index (χ3n) is 4.73. The molecular formula is C24H21Cl2NO3S. The van der Waals surface area contributed by atoms with Crippen LogP contribution in [0.15, 0.2) is 47.9 Å². The summed E-state index contributed by atoms with van der Waals surface area (Å²) in [7, 11) is 0. The lowest BCUT2D eigenvalue weighted by Gasteiger charge is -2.09. The first kappa shape index (κ1) is 23.1. The molecule has 0 aliphatic heterocycles. The van der Waals surface area contributed by atoms with Gasteiger partial charge in [-0.05, 0) is 55.7 Å². The van der Waals surface area contributed by atoms with Gasteiger partial charge in [-0.2, -0.15) is 0 Å². The molecule has 1 heterocycles. The number of benzene rings is 2. The largest absolute Gasteiger partial charge is 0.462 e. The van der Waals surface area contributed by atoms with E-state index in [1.54, 1.807) is 31.2 Å². The number of esters is 1. The molecule has 0 saturated heterocycles. The van der Waals surface area contributed by atoms with Gasteiger partial charge in [-0.3, -0.25) is 4.79 Å². The molecule has 1 aromatic heterocycles. The Morgan fingerprint density at radius 1 is 1.10 bits per heavy atom. The Labute approximate surface area is 195 Å². The number of carbonyl (C=O) groups excluding carboxylic acids is 2. The van der Waals surface area contributed by atoms with E-state index in [2.05, 4.69) is 5.32 Å². The molecule has 3 rings (SSSR count). The van der Waals surface area contributed by atoms with Crippen LogP contribution >= 0.6 is 34.5 Å². The van der Waals surface area contributed by atoms with Gasteiger partial charge >= 0.3 is 5.97 Å². The molecule has 2 aromatic carbocycles.